The zero-order chi connectivity index (χ0) is 19.9. The van der Waals surface area contributed by atoms with Gasteiger partial charge < -0.3 is 19.9 Å². The van der Waals surface area contributed by atoms with Crippen molar-refractivity contribution >= 4 is 29.2 Å². The number of likely N-dealkylation sites (tertiary alicyclic amines) is 2. The first-order valence-electron chi connectivity index (χ1n) is 9.20. The molecule has 148 valence electrons. The highest BCUT2D eigenvalue weighted by Gasteiger charge is 2.29. The highest BCUT2D eigenvalue weighted by molar-refractivity contribution is 7.80. The van der Waals surface area contributed by atoms with Gasteiger partial charge in [0.1, 0.15) is 5.60 Å². The number of rotatable bonds is 1. The van der Waals surface area contributed by atoms with E-state index in [2.05, 4.69) is 23.8 Å². The number of amides is 2. The summed E-state index contributed by atoms with van der Waals surface area (Å²) in [5, 5.41) is 2.72. The number of carbonyl (C=O) groups is 2. The molecule has 0 aromatic heterocycles. The van der Waals surface area contributed by atoms with Gasteiger partial charge in [0.15, 0.2) is 0 Å². The molecule has 0 saturated carbocycles. The van der Waals surface area contributed by atoms with Gasteiger partial charge in [-0.05, 0) is 46.5 Å². The zero-order valence-corrected chi connectivity index (χ0v) is 17.6. The van der Waals surface area contributed by atoms with Crippen molar-refractivity contribution in [3.05, 3.63) is 12.3 Å². The molecular formula is C19H33N3O3S. The van der Waals surface area contributed by atoms with E-state index in [-0.39, 0.29) is 11.9 Å². The minimum absolute atomic E-state index is 0.0252. The van der Waals surface area contributed by atoms with Crippen molar-refractivity contribution in [1.82, 2.24) is 15.1 Å². The summed E-state index contributed by atoms with van der Waals surface area (Å²) in [5.41, 5.74) is 0.0778. The Morgan fingerprint density at radius 1 is 1.23 bits per heavy atom. The van der Waals surface area contributed by atoms with Crippen LogP contribution in [0.15, 0.2) is 12.3 Å². The quantitative estimate of drug-likeness (QED) is 0.703. The minimum atomic E-state index is -0.526. The Labute approximate surface area is 162 Å². The first-order chi connectivity index (χ1) is 12.0. The Morgan fingerprint density at radius 3 is 2.50 bits per heavy atom. The predicted octanol–water partition coefficient (Wildman–Crippen LogP) is 3.47. The van der Waals surface area contributed by atoms with E-state index in [0.717, 1.165) is 11.4 Å². The predicted molar refractivity (Wildman–Crippen MR) is 108 cm³/mol. The van der Waals surface area contributed by atoms with Crippen LogP contribution in [0.25, 0.3) is 0 Å². The van der Waals surface area contributed by atoms with E-state index in [0.29, 0.717) is 18.5 Å². The Morgan fingerprint density at radius 2 is 1.88 bits per heavy atom. The molecule has 2 fully saturated rings. The first kappa shape index (κ1) is 22.4. The van der Waals surface area contributed by atoms with Crippen LogP contribution in [0, 0.1) is 0 Å². The molecule has 1 N–H and O–H groups in total. The molecule has 7 heteroatoms. The number of piperidine rings is 1. The van der Waals surface area contributed by atoms with Crippen molar-refractivity contribution in [3.8, 4) is 0 Å². The fourth-order valence-electron chi connectivity index (χ4n) is 2.72. The van der Waals surface area contributed by atoms with Crippen LogP contribution < -0.4 is 5.32 Å². The highest BCUT2D eigenvalue weighted by atomic mass is 32.1. The molecule has 2 aliphatic rings. The number of nitrogens with zero attached hydrogens (tertiary/aromatic N) is 2. The second-order valence-corrected chi connectivity index (χ2v) is 8.28. The van der Waals surface area contributed by atoms with Crippen LogP contribution in [-0.4, -0.2) is 59.1 Å². The Bertz CT molecular complexity index is 543. The van der Waals surface area contributed by atoms with Crippen molar-refractivity contribution in [2.45, 2.75) is 70.9 Å². The minimum Gasteiger partial charge on any atom is -0.444 e. The highest BCUT2D eigenvalue weighted by Crippen LogP contribution is 2.19. The molecule has 2 rings (SSSR count). The lowest BCUT2D eigenvalue weighted by molar-refractivity contribution is -0.130. The van der Waals surface area contributed by atoms with Crippen LogP contribution in [0.4, 0.5) is 4.79 Å². The van der Waals surface area contributed by atoms with E-state index < -0.39 is 11.7 Å². The van der Waals surface area contributed by atoms with Gasteiger partial charge in [-0.25, -0.2) is 4.79 Å². The Hall–Kier alpha value is -1.63. The molecule has 0 aliphatic carbocycles. The van der Waals surface area contributed by atoms with Crippen LogP contribution in [-0.2, 0) is 9.53 Å². The lowest BCUT2D eigenvalue weighted by Gasteiger charge is -2.33. The summed E-state index contributed by atoms with van der Waals surface area (Å²) in [4.78, 5) is 27.8. The summed E-state index contributed by atoms with van der Waals surface area (Å²) in [5.74, 6) is 0.0252. The molecule has 0 aromatic carbocycles. The monoisotopic (exact) mass is 383 g/mol. The van der Waals surface area contributed by atoms with Crippen molar-refractivity contribution in [1.29, 1.82) is 0 Å². The number of thiocarbonyl (C=S) groups is 1. The van der Waals surface area contributed by atoms with Crippen molar-refractivity contribution in [2.24, 2.45) is 0 Å². The standard InChI is InChI=1S/C12H20N2O3.C7H13NS/c1-8-9(6-7-10(15)14(8)5)13-11(16)17-12(2,3)4;1-8-6-4-2-3-5-7(8)9/h9H,1,6-7H2,2-5H3,(H,13,16);2-6H2,1H3. The molecule has 0 aromatic rings. The van der Waals surface area contributed by atoms with Gasteiger partial charge in [0.2, 0.25) is 5.91 Å². The maximum Gasteiger partial charge on any atom is 0.408 e. The normalized spacial score (nSPS) is 21.6. The number of likely N-dealkylation sites (N-methyl/N-ethyl adjacent to an activating group) is 1. The number of hydrogen-bond acceptors (Lipinski definition) is 4. The Kier molecular flexibility index (Phi) is 8.53. The molecule has 2 amide bonds. The number of ether oxygens (including phenoxy) is 1. The van der Waals surface area contributed by atoms with Crippen LogP contribution in [0.2, 0.25) is 0 Å². The molecule has 0 spiro atoms. The van der Waals surface area contributed by atoms with Gasteiger partial charge in [0.05, 0.1) is 11.0 Å². The molecule has 0 bridgehead atoms. The van der Waals surface area contributed by atoms with Crippen molar-refractivity contribution in [3.63, 3.8) is 0 Å². The van der Waals surface area contributed by atoms with E-state index in [4.69, 9.17) is 17.0 Å². The van der Waals surface area contributed by atoms with E-state index in [1.807, 2.05) is 0 Å². The fourth-order valence-corrected chi connectivity index (χ4v) is 2.95. The maximum atomic E-state index is 11.6. The van der Waals surface area contributed by atoms with Gasteiger partial charge in [0, 0.05) is 32.8 Å². The summed E-state index contributed by atoms with van der Waals surface area (Å²) in [6, 6.07) is -0.229. The first-order valence-corrected chi connectivity index (χ1v) is 9.61. The third-order valence-corrected chi connectivity index (χ3v) is 4.87. The lowest BCUT2D eigenvalue weighted by Crippen LogP contribution is -2.47. The summed E-state index contributed by atoms with van der Waals surface area (Å²) in [6.45, 7) is 10.4. The third kappa shape index (κ3) is 7.72. The van der Waals surface area contributed by atoms with Gasteiger partial charge in [-0.3, -0.25) is 4.79 Å². The second-order valence-electron chi connectivity index (χ2n) is 7.81. The summed E-state index contributed by atoms with van der Waals surface area (Å²) in [6.07, 6.45) is 5.60. The van der Waals surface area contributed by atoms with E-state index in [1.165, 1.54) is 30.7 Å². The number of nitrogens with one attached hydrogen (secondary N) is 1. The third-order valence-electron chi connectivity index (χ3n) is 4.35. The Balaban J connectivity index is 0.000000314. The average molecular weight is 384 g/mol. The summed E-state index contributed by atoms with van der Waals surface area (Å²) < 4.78 is 5.16. The largest absolute Gasteiger partial charge is 0.444 e. The zero-order valence-electron chi connectivity index (χ0n) is 16.8. The maximum absolute atomic E-state index is 11.6. The molecule has 0 radical (unpaired) electrons. The van der Waals surface area contributed by atoms with Crippen LogP contribution in [0.5, 0.6) is 0 Å². The number of alkyl carbamates (subject to hydrolysis) is 1. The molecule has 1 unspecified atom stereocenters. The molecule has 2 aliphatic heterocycles. The molecule has 1 atom stereocenters. The fraction of sp³-hybridized carbons (Fsp3) is 0.737. The van der Waals surface area contributed by atoms with E-state index >= 15 is 0 Å². The van der Waals surface area contributed by atoms with Crippen molar-refractivity contribution in [2.75, 3.05) is 20.6 Å². The smallest absolute Gasteiger partial charge is 0.408 e. The molecule has 2 heterocycles. The van der Waals surface area contributed by atoms with Gasteiger partial charge in [0.25, 0.3) is 0 Å². The van der Waals surface area contributed by atoms with E-state index in [1.54, 1.807) is 27.8 Å². The van der Waals surface area contributed by atoms with Gasteiger partial charge in [-0.1, -0.05) is 25.2 Å². The van der Waals surface area contributed by atoms with Gasteiger partial charge in [-0.15, -0.1) is 0 Å². The van der Waals surface area contributed by atoms with Crippen LogP contribution >= 0.6 is 12.2 Å². The van der Waals surface area contributed by atoms with Crippen LogP contribution in [0.3, 0.4) is 0 Å². The summed E-state index contributed by atoms with van der Waals surface area (Å²) in [7, 11) is 3.75. The van der Waals surface area contributed by atoms with Gasteiger partial charge in [-0.2, -0.15) is 0 Å². The molecule has 6 nitrogen and oxygen atoms in total. The second kappa shape index (κ2) is 9.90. The molecular weight excluding hydrogens is 350 g/mol. The molecule has 2 saturated heterocycles. The van der Waals surface area contributed by atoms with Crippen molar-refractivity contribution < 1.29 is 14.3 Å². The average Bonchev–Trinajstić information content (AvgIpc) is 2.71. The van der Waals surface area contributed by atoms with E-state index in [9.17, 15) is 9.59 Å². The summed E-state index contributed by atoms with van der Waals surface area (Å²) >= 11 is 5.14. The lowest BCUT2D eigenvalue weighted by atomic mass is 10.0. The SMILES string of the molecule is C=C1C(NC(=O)OC(C)(C)C)CCC(=O)N1C.CN1CCCCCC1=S. The number of hydrogen-bond donors (Lipinski definition) is 1. The number of carbonyl (C=O) groups excluding carboxylic acids is 2. The topological polar surface area (TPSA) is 61.9 Å². The molecule has 26 heavy (non-hydrogen) atoms. The van der Waals surface area contributed by atoms with Gasteiger partial charge >= 0.3 is 6.09 Å². The van der Waals surface area contributed by atoms with Crippen LogP contribution in [0.1, 0.15) is 59.3 Å².